The maximum Gasteiger partial charge on any atom is 0.128 e. The molecule has 5 heteroatoms. The molecule has 0 aliphatic carbocycles. The van der Waals surface area contributed by atoms with Gasteiger partial charge in [-0.05, 0) is 30.0 Å². The van der Waals surface area contributed by atoms with Crippen molar-refractivity contribution < 1.29 is 10.2 Å². The summed E-state index contributed by atoms with van der Waals surface area (Å²) in [6, 6.07) is 11.1. The van der Waals surface area contributed by atoms with Crippen molar-refractivity contribution in [3.8, 4) is 11.5 Å². The van der Waals surface area contributed by atoms with Crippen LogP contribution in [0.25, 0.3) is 5.70 Å². The summed E-state index contributed by atoms with van der Waals surface area (Å²) in [5, 5.41) is 21.4. The maximum absolute atomic E-state index is 10.1. The molecule has 0 atom stereocenters. The van der Waals surface area contributed by atoms with Crippen molar-refractivity contribution in [2.24, 2.45) is 11.6 Å². The molecule has 26 heavy (non-hydrogen) atoms. The van der Waals surface area contributed by atoms with Crippen molar-refractivity contribution >= 4 is 5.70 Å². The third-order valence-corrected chi connectivity index (χ3v) is 3.87. The van der Waals surface area contributed by atoms with Crippen LogP contribution in [0.5, 0.6) is 11.5 Å². The third kappa shape index (κ3) is 5.70. The van der Waals surface area contributed by atoms with Gasteiger partial charge in [0.2, 0.25) is 0 Å². The number of aryl methyl sites for hydroxylation is 1. The zero-order valence-corrected chi connectivity index (χ0v) is 16.3. The zero-order chi connectivity index (χ0) is 19.9. The van der Waals surface area contributed by atoms with Gasteiger partial charge in [0, 0.05) is 17.8 Å². The molecule has 0 unspecified atom stereocenters. The number of phenolic OH excluding ortho intramolecular Hbond substituents is 2. The van der Waals surface area contributed by atoms with Crippen LogP contribution in [-0.2, 0) is 6.54 Å². The highest BCUT2D eigenvalue weighted by Gasteiger charge is 2.13. The SMILES string of the molecule is CC.Cc1ccc(CN(N)/C=C(\N)c2cc(C(C)C)c(O)cc2O)cc1. The lowest BCUT2D eigenvalue weighted by molar-refractivity contribution is 0.387. The molecule has 0 radical (unpaired) electrons. The molecule has 0 heterocycles. The Morgan fingerprint density at radius 2 is 1.65 bits per heavy atom. The van der Waals surface area contributed by atoms with Crippen molar-refractivity contribution in [3.05, 3.63) is 64.9 Å². The fraction of sp³-hybridized carbons (Fsp3) is 0.333. The van der Waals surface area contributed by atoms with Gasteiger partial charge in [-0.3, -0.25) is 0 Å². The summed E-state index contributed by atoms with van der Waals surface area (Å²) < 4.78 is 0. The number of benzene rings is 2. The Labute approximate surface area is 156 Å². The quantitative estimate of drug-likeness (QED) is 0.475. The van der Waals surface area contributed by atoms with Crippen molar-refractivity contribution in [3.63, 3.8) is 0 Å². The second kappa shape index (κ2) is 9.73. The van der Waals surface area contributed by atoms with Crippen LogP contribution in [0.4, 0.5) is 0 Å². The fourth-order valence-electron chi connectivity index (χ4n) is 2.49. The summed E-state index contributed by atoms with van der Waals surface area (Å²) in [5.74, 6) is 6.10. The molecule has 2 rings (SSSR count). The van der Waals surface area contributed by atoms with Gasteiger partial charge in [0.25, 0.3) is 0 Å². The second-order valence-electron chi connectivity index (χ2n) is 6.33. The number of aromatic hydroxyl groups is 2. The van der Waals surface area contributed by atoms with Gasteiger partial charge in [0.05, 0.1) is 12.2 Å². The second-order valence-corrected chi connectivity index (χ2v) is 6.33. The van der Waals surface area contributed by atoms with Crippen LogP contribution >= 0.6 is 0 Å². The Morgan fingerprint density at radius 1 is 1.08 bits per heavy atom. The third-order valence-electron chi connectivity index (χ3n) is 3.87. The van der Waals surface area contributed by atoms with Gasteiger partial charge in [-0.1, -0.05) is 57.5 Å². The lowest BCUT2D eigenvalue weighted by Gasteiger charge is -2.17. The van der Waals surface area contributed by atoms with Gasteiger partial charge in [-0.2, -0.15) is 0 Å². The molecule has 2 aromatic carbocycles. The van der Waals surface area contributed by atoms with Crippen LogP contribution in [0.2, 0.25) is 0 Å². The van der Waals surface area contributed by atoms with Crippen LogP contribution in [0, 0.1) is 6.92 Å². The molecule has 0 saturated carbocycles. The highest BCUT2D eigenvalue weighted by molar-refractivity contribution is 5.70. The zero-order valence-electron chi connectivity index (χ0n) is 16.3. The summed E-state index contributed by atoms with van der Waals surface area (Å²) in [6.07, 6.45) is 1.58. The summed E-state index contributed by atoms with van der Waals surface area (Å²) in [7, 11) is 0. The van der Waals surface area contributed by atoms with Gasteiger partial charge in [-0.25, -0.2) is 5.84 Å². The Hall–Kier alpha value is -2.66. The molecule has 0 saturated heterocycles. The topological polar surface area (TPSA) is 95.7 Å². The minimum atomic E-state index is -0.0746. The number of rotatable bonds is 5. The molecule has 5 nitrogen and oxygen atoms in total. The lowest BCUT2D eigenvalue weighted by Crippen LogP contribution is -2.25. The molecule has 2 aromatic rings. The number of nitrogens with two attached hydrogens (primary N) is 2. The smallest absolute Gasteiger partial charge is 0.128 e. The average molecular weight is 357 g/mol. The van der Waals surface area contributed by atoms with Gasteiger partial charge < -0.3 is 21.0 Å². The minimum absolute atomic E-state index is 0.0586. The molecule has 142 valence electrons. The average Bonchev–Trinajstić information content (AvgIpc) is 2.58. The van der Waals surface area contributed by atoms with Gasteiger partial charge in [-0.15, -0.1) is 0 Å². The highest BCUT2D eigenvalue weighted by Crippen LogP contribution is 2.34. The van der Waals surface area contributed by atoms with Gasteiger partial charge >= 0.3 is 0 Å². The first kappa shape index (κ1) is 21.4. The van der Waals surface area contributed by atoms with Crippen molar-refractivity contribution in [1.82, 2.24) is 5.01 Å². The van der Waals surface area contributed by atoms with Gasteiger partial charge in [0.1, 0.15) is 11.5 Å². The van der Waals surface area contributed by atoms with Gasteiger partial charge in [0.15, 0.2) is 0 Å². The van der Waals surface area contributed by atoms with Crippen LogP contribution in [0.15, 0.2) is 42.6 Å². The first-order valence-electron chi connectivity index (χ1n) is 8.88. The molecular weight excluding hydrogens is 326 g/mol. The molecule has 0 bridgehead atoms. The van der Waals surface area contributed by atoms with E-state index in [4.69, 9.17) is 11.6 Å². The van der Waals surface area contributed by atoms with E-state index in [9.17, 15) is 10.2 Å². The Bertz CT molecular complexity index is 738. The number of hydrazine groups is 1. The predicted octanol–water partition coefficient (Wildman–Crippen LogP) is 4.19. The summed E-state index contributed by atoms with van der Waals surface area (Å²) in [5.41, 5.74) is 9.85. The first-order chi connectivity index (χ1) is 12.3. The van der Waals surface area contributed by atoms with E-state index in [1.165, 1.54) is 16.6 Å². The van der Waals surface area contributed by atoms with E-state index in [0.717, 1.165) is 11.1 Å². The first-order valence-corrected chi connectivity index (χ1v) is 8.88. The van der Waals surface area contributed by atoms with E-state index < -0.39 is 0 Å². The predicted molar refractivity (Wildman–Crippen MR) is 108 cm³/mol. The van der Waals surface area contributed by atoms with E-state index in [1.807, 2.05) is 58.9 Å². The van der Waals surface area contributed by atoms with Crippen LogP contribution < -0.4 is 11.6 Å². The van der Waals surface area contributed by atoms with E-state index in [-0.39, 0.29) is 17.4 Å². The molecule has 6 N–H and O–H groups in total. The Morgan fingerprint density at radius 3 is 2.19 bits per heavy atom. The number of phenols is 2. The normalized spacial score (nSPS) is 11.1. The standard InChI is InChI=1S/C19H25N3O2.C2H6/c1-12(2)15-8-16(19(24)9-18(15)23)17(20)11-22(21)10-14-6-4-13(3)5-7-14;1-2/h4-9,11-12,23-24H,10,20-21H2,1-3H3;1-2H3/b17-11-;. The maximum atomic E-state index is 10.1. The number of nitrogens with zero attached hydrogens (tertiary/aromatic N) is 1. The number of hydrogen-bond acceptors (Lipinski definition) is 5. The van der Waals surface area contributed by atoms with E-state index >= 15 is 0 Å². The molecule has 0 aromatic heterocycles. The lowest BCUT2D eigenvalue weighted by atomic mass is 9.98. The van der Waals surface area contributed by atoms with Crippen molar-refractivity contribution in [2.75, 3.05) is 0 Å². The summed E-state index contributed by atoms with van der Waals surface area (Å²) in [6.45, 7) is 10.4. The van der Waals surface area contributed by atoms with Crippen LogP contribution in [0.3, 0.4) is 0 Å². The molecule has 0 aliphatic heterocycles. The molecule has 0 fully saturated rings. The van der Waals surface area contributed by atoms with E-state index in [2.05, 4.69) is 0 Å². The number of hydrogen-bond donors (Lipinski definition) is 4. The van der Waals surface area contributed by atoms with E-state index in [1.54, 1.807) is 12.3 Å². The molecule has 0 amide bonds. The minimum Gasteiger partial charge on any atom is -0.508 e. The fourth-order valence-corrected chi connectivity index (χ4v) is 2.49. The highest BCUT2D eigenvalue weighted by atomic mass is 16.3. The summed E-state index contributed by atoms with van der Waals surface area (Å²) in [4.78, 5) is 0. The molecule has 0 spiro atoms. The van der Waals surface area contributed by atoms with Crippen LogP contribution in [-0.4, -0.2) is 15.2 Å². The monoisotopic (exact) mass is 357 g/mol. The van der Waals surface area contributed by atoms with E-state index in [0.29, 0.717) is 17.8 Å². The Balaban J connectivity index is 0.00000163. The molecular formula is C21H31N3O2. The van der Waals surface area contributed by atoms with Crippen molar-refractivity contribution in [1.29, 1.82) is 0 Å². The molecule has 0 aliphatic rings. The summed E-state index contributed by atoms with van der Waals surface area (Å²) >= 11 is 0. The Kier molecular flexibility index (Phi) is 8.00. The van der Waals surface area contributed by atoms with Crippen molar-refractivity contribution in [2.45, 2.75) is 47.1 Å². The van der Waals surface area contributed by atoms with Crippen LogP contribution in [0.1, 0.15) is 55.9 Å². The largest absolute Gasteiger partial charge is 0.508 e.